The lowest BCUT2D eigenvalue weighted by atomic mass is 10.1. The van der Waals surface area contributed by atoms with Gasteiger partial charge in [-0.2, -0.15) is 5.10 Å². The second-order valence-corrected chi connectivity index (χ2v) is 5.46. The van der Waals surface area contributed by atoms with E-state index >= 15 is 0 Å². The van der Waals surface area contributed by atoms with E-state index < -0.39 is 17.4 Å². The van der Waals surface area contributed by atoms with Crippen LogP contribution in [0.2, 0.25) is 0 Å². The minimum atomic E-state index is -0.906. The lowest BCUT2D eigenvalue weighted by Gasteiger charge is -2.03. The SMILES string of the molecule is COC(=O)CCn1nc(C)c(/C=C\C(=O)c2ccc(F)cc2F)c1C. The van der Waals surface area contributed by atoms with Crippen LogP contribution < -0.4 is 0 Å². The van der Waals surface area contributed by atoms with Gasteiger partial charge in [0.05, 0.1) is 31.3 Å². The summed E-state index contributed by atoms with van der Waals surface area (Å²) >= 11 is 0. The summed E-state index contributed by atoms with van der Waals surface area (Å²) in [5, 5.41) is 4.32. The van der Waals surface area contributed by atoms with Crippen LogP contribution >= 0.6 is 0 Å². The molecule has 132 valence electrons. The summed E-state index contributed by atoms with van der Waals surface area (Å²) in [5.41, 5.74) is 1.95. The van der Waals surface area contributed by atoms with Gasteiger partial charge < -0.3 is 4.74 Å². The van der Waals surface area contributed by atoms with E-state index in [4.69, 9.17) is 0 Å². The number of esters is 1. The van der Waals surface area contributed by atoms with Gasteiger partial charge in [-0.1, -0.05) is 0 Å². The fraction of sp³-hybridized carbons (Fsp3) is 0.278. The highest BCUT2D eigenvalue weighted by molar-refractivity contribution is 6.07. The summed E-state index contributed by atoms with van der Waals surface area (Å²) in [7, 11) is 1.32. The largest absolute Gasteiger partial charge is 0.469 e. The molecule has 7 heteroatoms. The molecular weight excluding hydrogens is 330 g/mol. The van der Waals surface area contributed by atoms with Crippen LogP contribution in [-0.2, 0) is 16.1 Å². The van der Waals surface area contributed by atoms with Gasteiger partial charge in [-0.3, -0.25) is 14.3 Å². The van der Waals surface area contributed by atoms with Crippen LogP contribution in [0, 0.1) is 25.5 Å². The molecule has 1 aromatic heterocycles. The Bertz CT molecular complexity index is 841. The summed E-state index contributed by atoms with van der Waals surface area (Å²) < 4.78 is 32.8. The predicted molar refractivity (Wildman–Crippen MR) is 88.1 cm³/mol. The van der Waals surface area contributed by atoms with Gasteiger partial charge in [0.2, 0.25) is 0 Å². The second-order valence-electron chi connectivity index (χ2n) is 5.46. The number of ketones is 1. The zero-order chi connectivity index (χ0) is 18.6. The third kappa shape index (κ3) is 4.37. The molecule has 0 saturated heterocycles. The zero-order valence-electron chi connectivity index (χ0n) is 14.2. The number of halogens is 2. The molecule has 0 aliphatic rings. The normalized spacial score (nSPS) is 11.1. The Hall–Kier alpha value is -2.83. The van der Waals surface area contributed by atoms with Crippen molar-refractivity contribution in [3.8, 4) is 0 Å². The van der Waals surface area contributed by atoms with Crippen LogP contribution in [0.15, 0.2) is 24.3 Å². The second kappa shape index (κ2) is 7.83. The average molecular weight is 348 g/mol. The molecule has 2 aromatic rings. The van der Waals surface area contributed by atoms with Crippen LogP contribution in [0.25, 0.3) is 6.08 Å². The minimum absolute atomic E-state index is 0.182. The van der Waals surface area contributed by atoms with E-state index in [0.717, 1.165) is 17.8 Å². The number of carbonyl (C=O) groups is 2. The Morgan fingerprint density at radius 1 is 1.28 bits per heavy atom. The maximum atomic E-state index is 13.6. The van der Waals surface area contributed by atoms with Crippen molar-refractivity contribution in [1.29, 1.82) is 0 Å². The van der Waals surface area contributed by atoms with Gasteiger partial charge >= 0.3 is 5.97 Å². The van der Waals surface area contributed by atoms with Gasteiger partial charge in [-0.05, 0) is 38.1 Å². The first-order valence-corrected chi connectivity index (χ1v) is 7.61. The van der Waals surface area contributed by atoms with Crippen LogP contribution in [0.3, 0.4) is 0 Å². The minimum Gasteiger partial charge on any atom is -0.469 e. The molecule has 0 aliphatic carbocycles. The highest BCUT2D eigenvalue weighted by atomic mass is 19.1. The van der Waals surface area contributed by atoms with Gasteiger partial charge in [-0.15, -0.1) is 0 Å². The Morgan fingerprint density at radius 2 is 2.00 bits per heavy atom. The lowest BCUT2D eigenvalue weighted by molar-refractivity contribution is -0.140. The Morgan fingerprint density at radius 3 is 2.64 bits per heavy atom. The number of carbonyl (C=O) groups excluding carboxylic acids is 2. The summed E-state index contributed by atoms with van der Waals surface area (Å²) in [6, 6.07) is 2.81. The first-order valence-electron chi connectivity index (χ1n) is 7.61. The maximum absolute atomic E-state index is 13.6. The Balaban J connectivity index is 2.19. The van der Waals surface area contributed by atoms with Gasteiger partial charge in [-0.25, -0.2) is 8.78 Å². The molecule has 25 heavy (non-hydrogen) atoms. The zero-order valence-corrected chi connectivity index (χ0v) is 14.2. The molecule has 0 aliphatic heterocycles. The highest BCUT2D eigenvalue weighted by Crippen LogP contribution is 2.17. The number of ether oxygens (including phenoxy) is 1. The average Bonchev–Trinajstić information content (AvgIpc) is 2.84. The van der Waals surface area contributed by atoms with Crippen LogP contribution in [-0.4, -0.2) is 28.6 Å². The molecule has 0 spiro atoms. The van der Waals surface area contributed by atoms with Gasteiger partial charge in [0, 0.05) is 17.3 Å². The Kier molecular flexibility index (Phi) is 5.80. The lowest BCUT2D eigenvalue weighted by Crippen LogP contribution is -2.09. The van der Waals surface area contributed by atoms with E-state index in [1.807, 2.05) is 0 Å². The molecule has 0 amide bonds. The molecule has 5 nitrogen and oxygen atoms in total. The molecule has 0 saturated carbocycles. The summed E-state index contributed by atoms with van der Waals surface area (Å²) in [4.78, 5) is 23.3. The molecule has 1 aromatic carbocycles. The molecule has 0 bridgehead atoms. The van der Waals surface area contributed by atoms with E-state index in [0.29, 0.717) is 23.9 Å². The fourth-order valence-corrected chi connectivity index (χ4v) is 2.41. The van der Waals surface area contributed by atoms with Gasteiger partial charge in [0.25, 0.3) is 0 Å². The number of benzene rings is 1. The summed E-state index contributed by atoms with van der Waals surface area (Å²) in [5.74, 6) is -2.56. The molecule has 0 N–H and O–H groups in total. The third-order valence-corrected chi connectivity index (χ3v) is 3.79. The smallest absolute Gasteiger partial charge is 0.307 e. The number of nitrogens with zero attached hydrogens (tertiary/aromatic N) is 2. The molecule has 0 radical (unpaired) electrons. The van der Waals surface area contributed by atoms with Crippen LogP contribution in [0.1, 0.15) is 33.7 Å². The molecule has 0 fully saturated rings. The van der Waals surface area contributed by atoms with Crippen molar-refractivity contribution in [2.24, 2.45) is 0 Å². The number of rotatable bonds is 6. The molecule has 0 atom stereocenters. The first-order chi connectivity index (χ1) is 11.8. The van der Waals surface area contributed by atoms with E-state index in [9.17, 15) is 18.4 Å². The summed E-state index contributed by atoms with van der Waals surface area (Å²) in [6.07, 6.45) is 2.94. The third-order valence-electron chi connectivity index (χ3n) is 3.79. The Labute approximate surface area is 143 Å². The molecule has 2 rings (SSSR count). The predicted octanol–water partition coefficient (Wildman–Crippen LogP) is 3.24. The molecular formula is C18H18F2N2O3. The van der Waals surface area contributed by atoms with Crippen LogP contribution in [0.5, 0.6) is 0 Å². The number of aryl methyl sites for hydroxylation is 2. The number of hydrogen-bond donors (Lipinski definition) is 0. The van der Waals surface area contributed by atoms with E-state index in [2.05, 4.69) is 9.84 Å². The fourth-order valence-electron chi connectivity index (χ4n) is 2.41. The van der Waals surface area contributed by atoms with Crippen molar-refractivity contribution in [2.75, 3.05) is 7.11 Å². The molecule has 0 unspecified atom stereocenters. The number of hydrogen-bond acceptors (Lipinski definition) is 4. The maximum Gasteiger partial charge on any atom is 0.307 e. The number of allylic oxidation sites excluding steroid dienone is 1. The highest BCUT2D eigenvalue weighted by Gasteiger charge is 2.13. The van der Waals surface area contributed by atoms with Crippen molar-refractivity contribution in [3.63, 3.8) is 0 Å². The van der Waals surface area contributed by atoms with Gasteiger partial charge in [0.1, 0.15) is 11.6 Å². The standard InChI is InChI=1S/C18H18F2N2O3/c1-11-14(12(2)22(21-11)9-8-18(24)25-3)6-7-17(23)15-5-4-13(19)10-16(15)20/h4-7,10H,8-9H2,1-3H3/b7-6-. The van der Waals surface area contributed by atoms with Crippen molar-refractivity contribution >= 4 is 17.8 Å². The van der Waals surface area contributed by atoms with Crippen molar-refractivity contribution < 1.29 is 23.1 Å². The van der Waals surface area contributed by atoms with Crippen molar-refractivity contribution in [3.05, 3.63) is 58.4 Å². The monoisotopic (exact) mass is 348 g/mol. The van der Waals surface area contributed by atoms with Gasteiger partial charge in [0.15, 0.2) is 5.78 Å². The van der Waals surface area contributed by atoms with Crippen LogP contribution in [0.4, 0.5) is 8.78 Å². The topological polar surface area (TPSA) is 61.2 Å². The molecule has 1 heterocycles. The number of methoxy groups -OCH3 is 1. The van der Waals surface area contributed by atoms with E-state index in [1.54, 1.807) is 18.5 Å². The van der Waals surface area contributed by atoms with E-state index in [1.165, 1.54) is 19.3 Å². The number of aromatic nitrogens is 2. The van der Waals surface area contributed by atoms with Crippen molar-refractivity contribution in [1.82, 2.24) is 9.78 Å². The van der Waals surface area contributed by atoms with Crippen molar-refractivity contribution in [2.45, 2.75) is 26.8 Å². The van der Waals surface area contributed by atoms with E-state index in [-0.39, 0.29) is 18.0 Å². The first kappa shape index (κ1) is 18.5. The summed E-state index contributed by atoms with van der Waals surface area (Å²) in [6.45, 7) is 3.93. The quantitative estimate of drug-likeness (QED) is 0.457.